The zero-order valence-corrected chi connectivity index (χ0v) is 21.0. The summed E-state index contributed by atoms with van der Waals surface area (Å²) in [4.78, 5) is 42.2. The van der Waals surface area contributed by atoms with Gasteiger partial charge in [0.2, 0.25) is 11.9 Å². The van der Waals surface area contributed by atoms with E-state index in [4.69, 9.17) is 0 Å². The maximum Gasteiger partial charge on any atom is 0.434 e. The lowest BCUT2D eigenvalue weighted by Gasteiger charge is -2.32. The number of nitrogens with zero attached hydrogens (tertiary/aromatic N) is 6. The van der Waals surface area contributed by atoms with E-state index in [0.29, 0.717) is 25.5 Å². The van der Waals surface area contributed by atoms with Crippen LogP contribution in [0.4, 0.5) is 19.1 Å². The van der Waals surface area contributed by atoms with Crippen molar-refractivity contribution in [1.29, 1.82) is 0 Å². The van der Waals surface area contributed by atoms with Crippen molar-refractivity contribution < 1.29 is 18.0 Å². The van der Waals surface area contributed by atoms with Gasteiger partial charge in [0.25, 0.3) is 5.56 Å². The molecule has 0 bridgehead atoms. The van der Waals surface area contributed by atoms with Gasteiger partial charge in [0.15, 0.2) is 5.69 Å². The van der Waals surface area contributed by atoms with Crippen molar-refractivity contribution in [3.05, 3.63) is 80.7 Å². The highest BCUT2D eigenvalue weighted by molar-refractivity contribution is 9.10. The summed E-state index contributed by atoms with van der Waals surface area (Å²) in [5.41, 5.74) is -1.43. The lowest BCUT2D eigenvalue weighted by atomic mass is 10.1. The zero-order valence-electron chi connectivity index (χ0n) is 19.5. The molecule has 4 rings (SSSR count). The van der Waals surface area contributed by atoms with Gasteiger partial charge in [-0.1, -0.05) is 37.3 Å². The molecule has 3 aromatic rings. The quantitative estimate of drug-likeness (QED) is 0.449. The Morgan fingerprint density at radius 3 is 2.39 bits per heavy atom. The van der Waals surface area contributed by atoms with Gasteiger partial charge >= 0.3 is 6.18 Å². The molecule has 1 fully saturated rings. The van der Waals surface area contributed by atoms with E-state index in [9.17, 15) is 22.8 Å². The number of hydrogen-bond donors (Lipinski definition) is 0. The van der Waals surface area contributed by atoms with Crippen LogP contribution in [0.3, 0.4) is 0 Å². The van der Waals surface area contributed by atoms with Crippen LogP contribution in [0.1, 0.15) is 42.9 Å². The second-order valence-electron chi connectivity index (χ2n) is 8.34. The molecular formula is C24H24BrF3N6O2. The summed E-state index contributed by atoms with van der Waals surface area (Å²) < 4.78 is 42.0. The van der Waals surface area contributed by atoms with Crippen LogP contribution in [0.25, 0.3) is 0 Å². The highest BCUT2D eigenvalue weighted by Gasteiger charge is 2.40. The number of anilines is 1. The summed E-state index contributed by atoms with van der Waals surface area (Å²) in [5.74, 6) is 0.00582. The Bertz CT molecular complexity index is 1270. The number of benzene rings is 1. The first-order valence-electron chi connectivity index (χ1n) is 11.4. The Hall–Kier alpha value is -3.28. The Morgan fingerprint density at radius 1 is 1.06 bits per heavy atom. The topological polar surface area (TPSA) is 84.2 Å². The molecule has 1 amide bonds. The average molecular weight is 565 g/mol. The van der Waals surface area contributed by atoms with E-state index in [1.807, 2.05) is 0 Å². The maximum atomic E-state index is 13.8. The van der Waals surface area contributed by atoms with Crippen LogP contribution in [-0.2, 0) is 17.5 Å². The van der Waals surface area contributed by atoms with E-state index >= 15 is 0 Å². The average Bonchev–Trinajstić information content (AvgIpc) is 3.06. The van der Waals surface area contributed by atoms with Crippen LogP contribution in [0.15, 0.2) is 58.1 Å². The molecule has 2 aromatic heterocycles. The van der Waals surface area contributed by atoms with Crippen LogP contribution in [0.2, 0.25) is 0 Å². The second-order valence-corrected chi connectivity index (χ2v) is 9.14. The van der Waals surface area contributed by atoms with Crippen molar-refractivity contribution in [3.8, 4) is 0 Å². The largest absolute Gasteiger partial charge is 0.434 e. The lowest BCUT2D eigenvalue weighted by molar-refractivity contribution is -0.142. The number of halogens is 4. The van der Waals surface area contributed by atoms with E-state index < -0.39 is 27.9 Å². The van der Waals surface area contributed by atoms with E-state index in [1.54, 1.807) is 60.6 Å². The summed E-state index contributed by atoms with van der Waals surface area (Å²) in [6.07, 6.45) is -0.866. The van der Waals surface area contributed by atoms with Gasteiger partial charge in [-0.2, -0.15) is 13.2 Å². The molecule has 0 radical (unpaired) electrons. The molecule has 1 saturated heterocycles. The van der Waals surface area contributed by atoms with E-state index in [-0.39, 0.29) is 31.2 Å². The van der Waals surface area contributed by atoms with Crippen molar-refractivity contribution in [2.24, 2.45) is 0 Å². The van der Waals surface area contributed by atoms with Gasteiger partial charge in [0, 0.05) is 25.5 Å². The predicted octanol–water partition coefficient (Wildman–Crippen LogP) is 4.05. The number of rotatable bonds is 6. The highest BCUT2D eigenvalue weighted by Crippen LogP contribution is 2.34. The molecule has 0 N–H and O–H groups in total. The molecule has 8 nitrogen and oxygen atoms in total. The fourth-order valence-electron chi connectivity index (χ4n) is 4.30. The monoisotopic (exact) mass is 564 g/mol. The van der Waals surface area contributed by atoms with Gasteiger partial charge in [-0.25, -0.2) is 15.0 Å². The number of alkyl halides is 3. The third kappa shape index (κ3) is 5.43. The number of carbonyl (C=O) groups excluding carboxylic acids is 1. The minimum absolute atomic E-state index is 0.0151. The van der Waals surface area contributed by atoms with Gasteiger partial charge in [-0.05, 0) is 40.4 Å². The van der Waals surface area contributed by atoms with Crippen molar-refractivity contribution >= 4 is 27.8 Å². The first kappa shape index (κ1) is 25.8. The molecule has 1 unspecified atom stereocenters. The van der Waals surface area contributed by atoms with E-state index in [1.165, 1.54) is 9.47 Å². The van der Waals surface area contributed by atoms with Crippen molar-refractivity contribution in [2.75, 3.05) is 24.5 Å². The molecule has 0 aliphatic carbocycles. The Balaban J connectivity index is 1.77. The van der Waals surface area contributed by atoms with Gasteiger partial charge in [0.05, 0.1) is 19.1 Å². The fourth-order valence-corrected chi connectivity index (χ4v) is 4.82. The summed E-state index contributed by atoms with van der Waals surface area (Å²) in [7, 11) is 0. The lowest BCUT2D eigenvalue weighted by Crippen LogP contribution is -2.42. The molecule has 1 aromatic carbocycles. The van der Waals surface area contributed by atoms with E-state index in [2.05, 4.69) is 30.9 Å². The highest BCUT2D eigenvalue weighted by atomic mass is 79.9. The van der Waals surface area contributed by atoms with E-state index in [0.717, 1.165) is 5.56 Å². The first-order valence-corrected chi connectivity index (χ1v) is 12.2. The van der Waals surface area contributed by atoms with Crippen LogP contribution in [0, 0.1) is 0 Å². The Morgan fingerprint density at radius 2 is 1.75 bits per heavy atom. The first-order chi connectivity index (χ1) is 17.2. The maximum absolute atomic E-state index is 13.8. The Labute approximate surface area is 213 Å². The molecule has 190 valence electrons. The van der Waals surface area contributed by atoms with Crippen LogP contribution >= 0.6 is 15.9 Å². The van der Waals surface area contributed by atoms with Gasteiger partial charge < -0.3 is 9.80 Å². The smallest absolute Gasteiger partial charge is 0.331 e. The standard InChI is InChI=1S/C24H24BrF3N6O2/c1-2-17(33-13-7-12-32(15-18(33)35)23-29-10-6-11-30-23)21-31-20(24(26,27)28)19(25)22(36)34(21)14-16-8-4-3-5-9-16/h3-6,8-11,17H,2,7,12-15H2,1H3. The minimum Gasteiger partial charge on any atom is -0.331 e. The molecular weight excluding hydrogens is 541 g/mol. The van der Waals surface area contributed by atoms with Crippen LogP contribution in [0.5, 0.6) is 0 Å². The van der Waals surface area contributed by atoms with Gasteiger partial charge in [0.1, 0.15) is 10.3 Å². The van der Waals surface area contributed by atoms with Crippen LogP contribution < -0.4 is 10.5 Å². The molecule has 0 spiro atoms. The number of amides is 1. The number of hydrogen-bond acceptors (Lipinski definition) is 6. The van der Waals surface area contributed by atoms with Gasteiger partial charge in [-0.15, -0.1) is 0 Å². The normalized spacial score (nSPS) is 15.6. The van der Waals surface area contributed by atoms with Crippen molar-refractivity contribution in [2.45, 2.75) is 38.5 Å². The third-order valence-corrected chi connectivity index (χ3v) is 6.68. The molecule has 1 aliphatic rings. The van der Waals surface area contributed by atoms with Crippen molar-refractivity contribution in [3.63, 3.8) is 0 Å². The molecule has 3 heterocycles. The molecule has 1 aliphatic heterocycles. The Kier molecular flexibility index (Phi) is 7.72. The zero-order chi connectivity index (χ0) is 25.9. The SMILES string of the molecule is CCC(c1nc(C(F)(F)F)c(Br)c(=O)n1Cc1ccccc1)N1CCCN(c2ncccn2)CC1=O. The molecule has 36 heavy (non-hydrogen) atoms. The summed E-state index contributed by atoms with van der Waals surface area (Å²) >= 11 is 2.82. The fraction of sp³-hybridized carbons (Fsp3) is 0.375. The number of aromatic nitrogens is 4. The molecule has 1 atom stereocenters. The number of carbonyl (C=O) groups is 1. The van der Waals surface area contributed by atoms with Crippen molar-refractivity contribution in [1.82, 2.24) is 24.4 Å². The third-order valence-electron chi connectivity index (χ3n) is 5.97. The predicted molar refractivity (Wildman–Crippen MR) is 130 cm³/mol. The summed E-state index contributed by atoms with van der Waals surface area (Å²) in [6.45, 7) is 2.53. The molecule has 0 saturated carbocycles. The summed E-state index contributed by atoms with van der Waals surface area (Å²) in [5, 5.41) is 0. The van der Waals surface area contributed by atoms with Crippen LogP contribution in [-0.4, -0.2) is 50.0 Å². The molecule has 12 heteroatoms. The second kappa shape index (κ2) is 10.8. The van der Waals surface area contributed by atoms with Gasteiger partial charge in [-0.3, -0.25) is 14.2 Å². The minimum atomic E-state index is -4.85. The summed E-state index contributed by atoms with van der Waals surface area (Å²) in [6, 6.07) is 9.76.